The predicted molar refractivity (Wildman–Crippen MR) is 53.6 cm³/mol. The fourth-order valence-electron chi connectivity index (χ4n) is 1.08. The van der Waals surface area contributed by atoms with E-state index in [2.05, 4.69) is 15.1 Å². The first-order chi connectivity index (χ1) is 7.47. The summed E-state index contributed by atoms with van der Waals surface area (Å²) >= 11 is 0. The maximum absolute atomic E-state index is 11.0. The van der Waals surface area contributed by atoms with Crippen LogP contribution in [0.4, 0.5) is 0 Å². The molecule has 0 amide bonds. The van der Waals surface area contributed by atoms with Crippen LogP contribution >= 0.6 is 0 Å². The van der Waals surface area contributed by atoms with Crippen molar-refractivity contribution < 1.29 is 12.9 Å². The van der Waals surface area contributed by atoms with Gasteiger partial charge < -0.3 is 4.52 Å². The number of sulfonamides is 1. The second kappa shape index (κ2) is 3.65. The number of nitrogens with zero attached hydrogens (tertiary/aromatic N) is 3. The Balaban J connectivity index is 2.40. The molecule has 0 saturated carbocycles. The second-order valence-electron chi connectivity index (χ2n) is 3.06. The minimum absolute atomic E-state index is 0.0588. The molecule has 2 aromatic heterocycles. The first-order valence-corrected chi connectivity index (χ1v) is 5.81. The van der Waals surface area contributed by atoms with Gasteiger partial charge in [0, 0.05) is 13.1 Å². The van der Waals surface area contributed by atoms with Gasteiger partial charge in [-0.3, -0.25) is 4.98 Å². The Morgan fingerprint density at radius 2 is 2.12 bits per heavy atom. The van der Waals surface area contributed by atoms with E-state index < -0.39 is 10.0 Å². The molecule has 0 aliphatic rings. The van der Waals surface area contributed by atoms with Crippen LogP contribution in [0.25, 0.3) is 11.5 Å². The summed E-state index contributed by atoms with van der Waals surface area (Å²) in [5.41, 5.74) is 0.421. The van der Waals surface area contributed by atoms with Crippen LogP contribution in [-0.4, -0.2) is 23.5 Å². The molecule has 2 N–H and O–H groups in total. The normalized spacial score (nSPS) is 11.6. The average molecular weight is 240 g/mol. The van der Waals surface area contributed by atoms with Crippen molar-refractivity contribution in [3.05, 3.63) is 24.2 Å². The molecule has 0 aliphatic carbocycles. The Hall–Kier alpha value is -1.80. The quantitative estimate of drug-likeness (QED) is 0.795. The van der Waals surface area contributed by atoms with Crippen LogP contribution in [0.15, 0.2) is 27.7 Å². The zero-order chi connectivity index (χ0) is 11.8. The average Bonchev–Trinajstić information content (AvgIpc) is 2.64. The molecule has 2 aromatic rings. The zero-order valence-corrected chi connectivity index (χ0v) is 9.10. The van der Waals surface area contributed by atoms with Gasteiger partial charge in [-0.2, -0.15) is 4.98 Å². The predicted octanol–water partition coefficient (Wildman–Crippen LogP) is 0.0874. The third-order valence-electron chi connectivity index (χ3n) is 1.82. The fourth-order valence-corrected chi connectivity index (χ4v) is 1.54. The molecule has 0 aromatic carbocycles. The molecule has 0 saturated heterocycles. The lowest BCUT2D eigenvalue weighted by molar-refractivity contribution is 0.394. The van der Waals surface area contributed by atoms with Crippen LogP contribution in [-0.2, 0) is 10.0 Å². The number of nitrogens with two attached hydrogens (primary N) is 1. The standard InChI is InChI=1S/C8H8N4O3S/c1-5-11-8(12-15-5)7-3-2-6(4-10-7)16(9,13)14/h2-4H,1H3,(H2,9,13,14). The van der Waals surface area contributed by atoms with Crippen LogP contribution in [0.5, 0.6) is 0 Å². The minimum atomic E-state index is -3.72. The summed E-state index contributed by atoms with van der Waals surface area (Å²) in [5.74, 6) is 0.714. The van der Waals surface area contributed by atoms with Gasteiger partial charge in [-0.05, 0) is 12.1 Å². The van der Waals surface area contributed by atoms with Crippen LogP contribution in [0.3, 0.4) is 0 Å². The van der Waals surface area contributed by atoms with E-state index in [0.717, 1.165) is 6.20 Å². The molecule has 0 radical (unpaired) electrons. The third kappa shape index (κ3) is 2.07. The molecule has 16 heavy (non-hydrogen) atoms. The second-order valence-corrected chi connectivity index (χ2v) is 4.62. The Kier molecular flexibility index (Phi) is 2.44. The number of primary sulfonamides is 1. The van der Waals surface area contributed by atoms with E-state index in [1.54, 1.807) is 6.92 Å². The van der Waals surface area contributed by atoms with Crippen molar-refractivity contribution in [3.8, 4) is 11.5 Å². The Bertz CT molecular complexity index is 602. The van der Waals surface area contributed by atoms with Crippen molar-refractivity contribution >= 4 is 10.0 Å². The lowest BCUT2D eigenvalue weighted by Crippen LogP contribution is -2.12. The highest BCUT2D eigenvalue weighted by Gasteiger charge is 2.11. The molecular formula is C8H8N4O3S. The van der Waals surface area contributed by atoms with Gasteiger partial charge >= 0.3 is 0 Å². The van der Waals surface area contributed by atoms with Gasteiger partial charge in [0.25, 0.3) is 0 Å². The first kappa shape index (κ1) is 10.7. The fraction of sp³-hybridized carbons (Fsp3) is 0.125. The van der Waals surface area contributed by atoms with Crippen molar-refractivity contribution in [3.63, 3.8) is 0 Å². The molecule has 0 aliphatic heterocycles. The van der Waals surface area contributed by atoms with E-state index in [9.17, 15) is 8.42 Å². The largest absolute Gasteiger partial charge is 0.339 e. The highest BCUT2D eigenvalue weighted by atomic mass is 32.2. The summed E-state index contributed by atoms with van der Waals surface area (Å²) < 4.78 is 26.7. The van der Waals surface area contributed by atoms with Gasteiger partial charge in [0.1, 0.15) is 10.6 Å². The molecule has 2 heterocycles. The van der Waals surface area contributed by atoms with Crippen molar-refractivity contribution in [2.75, 3.05) is 0 Å². The highest BCUT2D eigenvalue weighted by molar-refractivity contribution is 7.89. The molecule has 0 atom stereocenters. The first-order valence-electron chi connectivity index (χ1n) is 4.26. The zero-order valence-electron chi connectivity index (χ0n) is 8.28. The Morgan fingerprint density at radius 3 is 2.56 bits per heavy atom. The number of rotatable bonds is 2. The smallest absolute Gasteiger partial charge is 0.239 e. The maximum Gasteiger partial charge on any atom is 0.239 e. The SMILES string of the molecule is Cc1nc(-c2ccc(S(N)(=O)=O)cn2)no1. The van der Waals surface area contributed by atoms with Gasteiger partial charge in [-0.1, -0.05) is 5.16 Å². The topological polar surface area (TPSA) is 112 Å². The van der Waals surface area contributed by atoms with Crippen LogP contribution < -0.4 is 5.14 Å². The molecule has 0 spiro atoms. The minimum Gasteiger partial charge on any atom is -0.339 e. The van der Waals surface area contributed by atoms with Gasteiger partial charge in [-0.15, -0.1) is 0 Å². The number of aryl methyl sites for hydroxylation is 1. The van der Waals surface area contributed by atoms with E-state index >= 15 is 0 Å². The van der Waals surface area contributed by atoms with Crippen molar-refractivity contribution in [1.82, 2.24) is 15.1 Å². The van der Waals surface area contributed by atoms with E-state index in [1.807, 2.05) is 0 Å². The molecule has 0 fully saturated rings. The van der Waals surface area contributed by atoms with Crippen molar-refractivity contribution in [2.24, 2.45) is 5.14 Å². The molecular weight excluding hydrogens is 232 g/mol. The molecule has 0 unspecified atom stereocenters. The number of pyridine rings is 1. The maximum atomic E-state index is 11.0. The van der Waals surface area contributed by atoms with E-state index in [4.69, 9.17) is 9.66 Å². The summed E-state index contributed by atoms with van der Waals surface area (Å²) in [7, 11) is -3.72. The highest BCUT2D eigenvalue weighted by Crippen LogP contribution is 2.14. The summed E-state index contributed by atoms with van der Waals surface area (Å²) in [5, 5.41) is 8.58. The molecule has 7 nitrogen and oxygen atoms in total. The Morgan fingerprint density at radius 1 is 1.38 bits per heavy atom. The van der Waals surface area contributed by atoms with E-state index in [1.165, 1.54) is 12.1 Å². The lowest BCUT2D eigenvalue weighted by atomic mass is 10.3. The van der Waals surface area contributed by atoms with Gasteiger partial charge in [0.15, 0.2) is 0 Å². The van der Waals surface area contributed by atoms with Crippen LogP contribution in [0.2, 0.25) is 0 Å². The molecule has 84 valence electrons. The van der Waals surface area contributed by atoms with E-state index in [0.29, 0.717) is 17.4 Å². The van der Waals surface area contributed by atoms with Gasteiger partial charge in [-0.25, -0.2) is 13.6 Å². The number of hydrogen-bond donors (Lipinski definition) is 1. The number of hydrogen-bond acceptors (Lipinski definition) is 6. The van der Waals surface area contributed by atoms with Gasteiger partial charge in [0.2, 0.25) is 21.7 Å². The van der Waals surface area contributed by atoms with Crippen LogP contribution in [0.1, 0.15) is 5.89 Å². The number of aromatic nitrogens is 3. The third-order valence-corrected chi connectivity index (χ3v) is 2.72. The molecule has 0 bridgehead atoms. The summed E-state index contributed by atoms with van der Waals surface area (Å²) in [4.78, 5) is 7.78. The van der Waals surface area contributed by atoms with Crippen molar-refractivity contribution in [1.29, 1.82) is 0 Å². The summed E-state index contributed by atoms with van der Waals surface area (Å²) in [6.45, 7) is 1.65. The van der Waals surface area contributed by atoms with Crippen LogP contribution in [0, 0.1) is 6.92 Å². The van der Waals surface area contributed by atoms with Crippen molar-refractivity contribution in [2.45, 2.75) is 11.8 Å². The monoisotopic (exact) mass is 240 g/mol. The van der Waals surface area contributed by atoms with Gasteiger partial charge in [0.05, 0.1) is 0 Å². The van der Waals surface area contributed by atoms with E-state index in [-0.39, 0.29) is 4.90 Å². The summed E-state index contributed by atoms with van der Waals surface area (Å²) in [6.07, 6.45) is 1.15. The lowest BCUT2D eigenvalue weighted by Gasteiger charge is -1.97. The molecule has 2 rings (SSSR count). The summed E-state index contributed by atoms with van der Waals surface area (Å²) in [6, 6.07) is 2.80. The molecule has 8 heteroatoms. The Labute approximate surface area is 91.4 Å².